The van der Waals surface area contributed by atoms with Gasteiger partial charge in [0.15, 0.2) is 5.96 Å². The Balaban J connectivity index is 0.00000450. The number of hydrogen-bond donors (Lipinski definition) is 3. The van der Waals surface area contributed by atoms with Crippen LogP contribution in [0.2, 0.25) is 0 Å². The van der Waals surface area contributed by atoms with Crippen molar-refractivity contribution in [3.8, 4) is 5.75 Å². The first-order valence-corrected chi connectivity index (χ1v) is 10.0. The molecule has 2 rings (SSSR count). The molecule has 0 radical (unpaired) electrons. The molecule has 0 saturated heterocycles. The second-order valence-corrected chi connectivity index (χ2v) is 7.49. The summed E-state index contributed by atoms with van der Waals surface area (Å²) in [5.74, 6) is -0.00991. The SMILES string of the molecule is CN=C(NCCNS(=O)(=O)c1ccccc1)NCc1ccccc1OC(F)(F)F.I. The molecule has 0 spiro atoms. The number of aliphatic imine (C=N–C) groups is 1. The Labute approximate surface area is 190 Å². The van der Waals surface area contributed by atoms with Gasteiger partial charge in [0.2, 0.25) is 10.0 Å². The summed E-state index contributed by atoms with van der Waals surface area (Å²) >= 11 is 0. The molecule has 0 aliphatic heterocycles. The number of ether oxygens (including phenoxy) is 1. The largest absolute Gasteiger partial charge is 0.573 e. The molecular formula is C18H22F3IN4O3S. The van der Waals surface area contributed by atoms with Crippen molar-refractivity contribution in [2.75, 3.05) is 20.1 Å². The van der Waals surface area contributed by atoms with E-state index in [4.69, 9.17) is 0 Å². The van der Waals surface area contributed by atoms with Gasteiger partial charge in [-0.2, -0.15) is 0 Å². The lowest BCUT2D eigenvalue weighted by atomic mass is 10.2. The monoisotopic (exact) mass is 558 g/mol. The average Bonchev–Trinajstić information content (AvgIpc) is 2.68. The quantitative estimate of drug-likeness (QED) is 0.201. The van der Waals surface area contributed by atoms with Crippen molar-refractivity contribution < 1.29 is 26.3 Å². The highest BCUT2D eigenvalue weighted by atomic mass is 127. The molecule has 30 heavy (non-hydrogen) atoms. The Bertz CT molecular complexity index is 926. The van der Waals surface area contributed by atoms with E-state index >= 15 is 0 Å². The van der Waals surface area contributed by atoms with E-state index in [0.29, 0.717) is 5.96 Å². The minimum Gasteiger partial charge on any atom is -0.405 e. The first-order valence-electron chi connectivity index (χ1n) is 8.54. The van der Waals surface area contributed by atoms with E-state index in [1.54, 1.807) is 24.3 Å². The van der Waals surface area contributed by atoms with Crippen molar-refractivity contribution in [2.24, 2.45) is 4.99 Å². The molecule has 0 fully saturated rings. The maximum Gasteiger partial charge on any atom is 0.573 e. The summed E-state index contributed by atoms with van der Waals surface area (Å²) in [4.78, 5) is 4.11. The fourth-order valence-corrected chi connectivity index (χ4v) is 3.38. The highest BCUT2D eigenvalue weighted by molar-refractivity contribution is 14.0. The van der Waals surface area contributed by atoms with Gasteiger partial charge in [0.25, 0.3) is 0 Å². The zero-order valence-corrected chi connectivity index (χ0v) is 19.1. The van der Waals surface area contributed by atoms with E-state index in [9.17, 15) is 21.6 Å². The maximum absolute atomic E-state index is 12.5. The van der Waals surface area contributed by atoms with Crippen LogP contribution in [0, 0.1) is 0 Å². The third kappa shape index (κ3) is 8.75. The summed E-state index contributed by atoms with van der Waals surface area (Å²) in [7, 11) is -2.13. The zero-order valence-electron chi connectivity index (χ0n) is 15.9. The van der Waals surface area contributed by atoms with Crippen molar-refractivity contribution in [3.63, 3.8) is 0 Å². The Kier molecular flexibility index (Phi) is 10.4. The van der Waals surface area contributed by atoms with E-state index < -0.39 is 16.4 Å². The van der Waals surface area contributed by atoms with Gasteiger partial charge >= 0.3 is 6.36 Å². The number of alkyl halides is 3. The number of benzene rings is 2. The van der Waals surface area contributed by atoms with Crippen LogP contribution in [0.5, 0.6) is 5.75 Å². The van der Waals surface area contributed by atoms with Gasteiger partial charge in [-0.05, 0) is 18.2 Å². The highest BCUT2D eigenvalue weighted by Gasteiger charge is 2.31. The summed E-state index contributed by atoms with van der Waals surface area (Å²) in [6.07, 6.45) is -4.79. The van der Waals surface area contributed by atoms with E-state index in [2.05, 4.69) is 25.1 Å². The van der Waals surface area contributed by atoms with Crippen LogP contribution in [0.1, 0.15) is 5.56 Å². The number of halogens is 4. The van der Waals surface area contributed by atoms with Crippen LogP contribution < -0.4 is 20.1 Å². The van der Waals surface area contributed by atoms with Crippen LogP contribution >= 0.6 is 24.0 Å². The Morgan fingerprint density at radius 2 is 1.63 bits per heavy atom. The molecule has 2 aromatic carbocycles. The van der Waals surface area contributed by atoms with E-state index in [1.165, 1.54) is 37.4 Å². The zero-order chi connectivity index (χ0) is 21.3. The third-order valence-corrected chi connectivity index (χ3v) is 5.11. The molecule has 0 atom stereocenters. The molecular weight excluding hydrogens is 536 g/mol. The van der Waals surface area contributed by atoms with Crippen LogP contribution in [0.3, 0.4) is 0 Å². The number of para-hydroxylation sites is 1. The fraction of sp³-hybridized carbons (Fsp3) is 0.278. The maximum atomic E-state index is 12.5. The number of hydrogen-bond acceptors (Lipinski definition) is 4. The van der Waals surface area contributed by atoms with Crippen molar-refractivity contribution in [3.05, 3.63) is 60.2 Å². The summed E-state index contributed by atoms with van der Waals surface area (Å²) in [5.41, 5.74) is 0.289. The van der Waals surface area contributed by atoms with Gasteiger partial charge in [0.1, 0.15) is 5.75 Å². The third-order valence-electron chi connectivity index (χ3n) is 3.63. The van der Waals surface area contributed by atoms with Crippen molar-refractivity contribution in [2.45, 2.75) is 17.8 Å². The number of rotatable bonds is 8. The van der Waals surface area contributed by atoms with Crippen LogP contribution in [0.15, 0.2) is 64.5 Å². The normalized spacial score (nSPS) is 12.1. The van der Waals surface area contributed by atoms with Gasteiger partial charge in [0.05, 0.1) is 4.90 Å². The van der Waals surface area contributed by atoms with Crippen LogP contribution in [-0.4, -0.2) is 40.9 Å². The van der Waals surface area contributed by atoms with Crippen molar-refractivity contribution in [1.29, 1.82) is 0 Å². The standard InChI is InChI=1S/C18H21F3N4O3S.HI/c1-22-17(23-11-12-25-29(26,27)15-8-3-2-4-9-15)24-13-14-7-5-6-10-16(14)28-18(19,20)21;/h2-10,25H,11-13H2,1H3,(H2,22,23,24);1H. The molecule has 3 N–H and O–H groups in total. The predicted molar refractivity (Wildman–Crippen MR) is 118 cm³/mol. The second-order valence-electron chi connectivity index (χ2n) is 5.72. The fourth-order valence-electron chi connectivity index (χ4n) is 2.32. The number of nitrogens with zero attached hydrogens (tertiary/aromatic N) is 1. The van der Waals surface area contributed by atoms with Gasteiger partial charge < -0.3 is 15.4 Å². The lowest BCUT2D eigenvalue weighted by molar-refractivity contribution is -0.274. The van der Waals surface area contributed by atoms with Gasteiger partial charge in [0, 0.05) is 32.2 Å². The smallest absolute Gasteiger partial charge is 0.405 e. The topological polar surface area (TPSA) is 91.8 Å². The van der Waals surface area contributed by atoms with Gasteiger partial charge in [-0.25, -0.2) is 13.1 Å². The lowest BCUT2D eigenvalue weighted by Gasteiger charge is -2.15. The minimum absolute atomic E-state index is 0. The van der Waals surface area contributed by atoms with Gasteiger partial charge in [-0.3, -0.25) is 4.99 Å². The molecule has 2 aromatic rings. The summed E-state index contributed by atoms with van der Waals surface area (Å²) in [5, 5.41) is 5.74. The number of nitrogens with one attached hydrogen (secondary N) is 3. The van der Waals surface area contributed by atoms with Crippen LogP contribution in [0.4, 0.5) is 13.2 Å². The average molecular weight is 558 g/mol. The Morgan fingerprint density at radius 3 is 2.27 bits per heavy atom. The molecule has 166 valence electrons. The lowest BCUT2D eigenvalue weighted by Crippen LogP contribution is -2.41. The van der Waals surface area contributed by atoms with E-state index in [0.717, 1.165) is 0 Å². The molecule has 0 aliphatic carbocycles. The van der Waals surface area contributed by atoms with Crippen molar-refractivity contribution in [1.82, 2.24) is 15.4 Å². The molecule has 0 bridgehead atoms. The van der Waals surface area contributed by atoms with E-state index in [-0.39, 0.29) is 59.8 Å². The Morgan fingerprint density at radius 1 is 1.00 bits per heavy atom. The minimum atomic E-state index is -4.79. The first-order chi connectivity index (χ1) is 13.7. The molecule has 0 aliphatic rings. The highest BCUT2D eigenvalue weighted by Crippen LogP contribution is 2.25. The summed E-state index contributed by atoms with van der Waals surface area (Å²) in [6.45, 7) is 0.333. The molecule has 7 nitrogen and oxygen atoms in total. The molecule has 0 saturated carbocycles. The van der Waals surface area contributed by atoms with Gasteiger partial charge in [-0.15, -0.1) is 37.1 Å². The van der Waals surface area contributed by atoms with Crippen LogP contribution in [0.25, 0.3) is 0 Å². The number of sulfonamides is 1. The van der Waals surface area contributed by atoms with Gasteiger partial charge in [-0.1, -0.05) is 36.4 Å². The van der Waals surface area contributed by atoms with Crippen LogP contribution in [-0.2, 0) is 16.6 Å². The summed E-state index contributed by atoms with van der Waals surface area (Å²) in [6, 6.07) is 13.7. The van der Waals surface area contributed by atoms with Crippen molar-refractivity contribution >= 4 is 40.0 Å². The number of guanidine groups is 1. The first kappa shape index (κ1) is 26.0. The molecule has 0 amide bonds. The molecule has 0 aromatic heterocycles. The molecule has 0 heterocycles. The summed E-state index contributed by atoms with van der Waals surface area (Å²) < 4.78 is 68.1. The molecule has 12 heteroatoms. The van der Waals surface area contributed by atoms with E-state index in [1.807, 2.05) is 0 Å². The Hall–Kier alpha value is -2.06. The second kappa shape index (κ2) is 12.0. The molecule has 0 unspecified atom stereocenters. The predicted octanol–water partition coefficient (Wildman–Crippen LogP) is 2.85.